The number of aliphatic carboxylic acids is 1. The monoisotopic (exact) mass is 361 g/mol. The summed E-state index contributed by atoms with van der Waals surface area (Å²) in [5, 5.41) is 15.9. The van der Waals surface area contributed by atoms with E-state index in [1.54, 1.807) is 36.4 Å². The number of rotatable bonds is 7. The highest BCUT2D eigenvalue weighted by Gasteiger charge is 2.03. The molecule has 0 aliphatic heterocycles. The minimum absolute atomic E-state index is 0.294. The molecule has 2 aromatic carbocycles. The molecule has 25 heavy (non-hydrogen) atoms. The second-order valence-electron chi connectivity index (χ2n) is 4.90. The Hall–Kier alpha value is -3.00. The van der Waals surface area contributed by atoms with Gasteiger partial charge >= 0.3 is 5.97 Å². The number of hydrogen-bond acceptors (Lipinski definition) is 4. The van der Waals surface area contributed by atoms with E-state index in [4.69, 9.17) is 22.1 Å². The first-order valence-corrected chi connectivity index (χ1v) is 7.70. The zero-order chi connectivity index (χ0) is 18.1. The van der Waals surface area contributed by atoms with Gasteiger partial charge in [-0.1, -0.05) is 24.3 Å². The fourth-order valence-electron chi connectivity index (χ4n) is 1.84. The maximum atomic E-state index is 12.8. The summed E-state index contributed by atoms with van der Waals surface area (Å²) >= 11 is 5.09. The number of thiocarbonyl (C=S) groups is 1. The molecule has 0 spiro atoms. The fourth-order valence-corrected chi connectivity index (χ4v) is 1.97. The number of nitrogens with one attached hydrogen (secondary N) is 2. The van der Waals surface area contributed by atoms with Crippen molar-refractivity contribution in [2.75, 3.05) is 6.61 Å². The summed E-state index contributed by atoms with van der Waals surface area (Å²) in [6.45, 7) is -0.00410. The summed E-state index contributed by atoms with van der Waals surface area (Å²) in [5.74, 6) is -0.950. The van der Waals surface area contributed by atoms with E-state index in [0.717, 1.165) is 5.56 Å². The highest BCUT2D eigenvalue weighted by molar-refractivity contribution is 7.80. The van der Waals surface area contributed by atoms with Crippen molar-refractivity contribution in [2.24, 2.45) is 5.10 Å². The minimum atomic E-state index is -1.06. The molecule has 0 fully saturated rings. The lowest BCUT2D eigenvalue weighted by Crippen LogP contribution is -2.31. The van der Waals surface area contributed by atoms with Gasteiger partial charge in [0, 0.05) is 12.1 Å². The van der Waals surface area contributed by atoms with Gasteiger partial charge in [-0.3, -0.25) is 5.43 Å². The molecule has 0 amide bonds. The van der Waals surface area contributed by atoms with E-state index < -0.39 is 12.6 Å². The van der Waals surface area contributed by atoms with Crippen LogP contribution in [0.4, 0.5) is 4.39 Å². The second kappa shape index (κ2) is 9.33. The van der Waals surface area contributed by atoms with Crippen LogP contribution in [-0.4, -0.2) is 29.0 Å². The quantitative estimate of drug-likeness (QED) is 0.399. The molecule has 0 atom stereocenters. The summed E-state index contributed by atoms with van der Waals surface area (Å²) in [6, 6.07) is 13.0. The molecule has 0 unspecified atom stereocenters. The summed E-state index contributed by atoms with van der Waals surface area (Å²) < 4.78 is 18.0. The highest BCUT2D eigenvalue weighted by atomic mass is 32.1. The fraction of sp³-hybridized carbons (Fsp3) is 0.118. The summed E-state index contributed by atoms with van der Waals surface area (Å²) in [7, 11) is 0. The summed E-state index contributed by atoms with van der Waals surface area (Å²) in [5.41, 5.74) is 4.13. The van der Waals surface area contributed by atoms with E-state index in [1.165, 1.54) is 18.3 Å². The maximum absolute atomic E-state index is 12.8. The molecule has 0 aromatic heterocycles. The number of nitrogens with zero attached hydrogens (tertiary/aromatic N) is 1. The van der Waals surface area contributed by atoms with Gasteiger partial charge in [0.15, 0.2) is 11.7 Å². The Kier molecular flexibility index (Phi) is 6.85. The molecule has 0 bridgehead atoms. The first kappa shape index (κ1) is 18.3. The first-order chi connectivity index (χ1) is 12.0. The van der Waals surface area contributed by atoms with Crippen molar-refractivity contribution >= 4 is 29.5 Å². The van der Waals surface area contributed by atoms with E-state index in [2.05, 4.69) is 15.8 Å². The predicted molar refractivity (Wildman–Crippen MR) is 96.1 cm³/mol. The summed E-state index contributed by atoms with van der Waals surface area (Å²) in [6.07, 6.45) is 1.48. The Balaban J connectivity index is 1.84. The number of ether oxygens (including phenoxy) is 1. The van der Waals surface area contributed by atoms with Crippen LogP contribution in [0.15, 0.2) is 53.6 Å². The van der Waals surface area contributed by atoms with Crippen molar-refractivity contribution in [3.8, 4) is 5.75 Å². The van der Waals surface area contributed by atoms with E-state index in [9.17, 15) is 9.18 Å². The molecule has 0 aliphatic carbocycles. The number of benzene rings is 2. The molecular weight excluding hydrogens is 345 g/mol. The Morgan fingerprint density at radius 2 is 1.96 bits per heavy atom. The molecule has 0 saturated heterocycles. The van der Waals surface area contributed by atoms with Gasteiger partial charge in [-0.05, 0) is 42.0 Å². The van der Waals surface area contributed by atoms with Crippen LogP contribution in [0.2, 0.25) is 0 Å². The van der Waals surface area contributed by atoms with Crippen LogP contribution < -0.4 is 15.5 Å². The molecule has 2 rings (SSSR count). The maximum Gasteiger partial charge on any atom is 0.341 e. The van der Waals surface area contributed by atoms with Gasteiger partial charge in [-0.15, -0.1) is 0 Å². The third kappa shape index (κ3) is 6.56. The van der Waals surface area contributed by atoms with Crippen LogP contribution >= 0.6 is 12.2 Å². The molecule has 2 aromatic rings. The van der Waals surface area contributed by atoms with Crippen molar-refractivity contribution in [1.29, 1.82) is 0 Å². The van der Waals surface area contributed by atoms with Gasteiger partial charge in [0.05, 0.1) is 6.21 Å². The average Bonchev–Trinajstić information content (AvgIpc) is 2.60. The van der Waals surface area contributed by atoms with E-state index in [1.807, 2.05) is 0 Å². The SMILES string of the molecule is O=C(O)COc1ccccc1/C=N\NC(=S)NCc1ccc(F)cc1. The Bertz CT molecular complexity index is 766. The minimum Gasteiger partial charge on any atom is -0.481 e. The van der Waals surface area contributed by atoms with Crippen LogP contribution in [0, 0.1) is 5.82 Å². The topological polar surface area (TPSA) is 83.0 Å². The number of carbonyl (C=O) groups is 1. The predicted octanol–water partition coefficient (Wildman–Crippen LogP) is 2.29. The molecule has 6 nitrogen and oxygen atoms in total. The van der Waals surface area contributed by atoms with Crippen LogP contribution in [0.25, 0.3) is 0 Å². The number of para-hydroxylation sites is 1. The number of carboxylic acid groups (broad SMARTS) is 1. The number of carboxylic acids is 1. The lowest BCUT2D eigenvalue weighted by molar-refractivity contribution is -0.139. The van der Waals surface area contributed by atoms with Gasteiger partial charge < -0.3 is 15.2 Å². The molecule has 0 heterocycles. The first-order valence-electron chi connectivity index (χ1n) is 7.29. The highest BCUT2D eigenvalue weighted by Crippen LogP contribution is 2.15. The molecular formula is C17H16FN3O3S. The van der Waals surface area contributed by atoms with Gasteiger partial charge in [-0.2, -0.15) is 5.10 Å². The molecule has 3 N–H and O–H groups in total. The van der Waals surface area contributed by atoms with Crippen LogP contribution in [-0.2, 0) is 11.3 Å². The molecule has 0 saturated carbocycles. The van der Waals surface area contributed by atoms with Crippen LogP contribution in [0.3, 0.4) is 0 Å². The van der Waals surface area contributed by atoms with Crippen LogP contribution in [0.1, 0.15) is 11.1 Å². The Labute approximate surface area is 149 Å². The lowest BCUT2D eigenvalue weighted by atomic mass is 10.2. The van der Waals surface area contributed by atoms with Crippen molar-refractivity contribution in [3.63, 3.8) is 0 Å². The molecule has 0 aliphatic rings. The van der Waals surface area contributed by atoms with E-state index in [0.29, 0.717) is 23.0 Å². The Morgan fingerprint density at radius 3 is 2.68 bits per heavy atom. The zero-order valence-corrected chi connectivity index (χ0v) is 13.9. The lowest BCUT2D eigenvalue weighted by Gasteiger charge is -2.08. The molecule has 0 radical (unpaired) electrons. The van der Waals surface area contributed by atoms with Crippen molar-refractivity contribution in [1.82, 2.24) is 10.7 Å². The molecule has 8 heteroatoms. The zero-order valence-electron chi connectivity index (χ0n) is 13.1. The van der Waals surface area contributed by atoms with Crippen molar-refractivity contribution < 1.29 is 19.0 Å². The van der Waals surface area contributed by atoms with Gasteiger partial charge in [0.1, 0.15) is 11.6 Å². The summed E-state index contributed by atoms with van der Waals surface area (Å²) in [4.78, 5) is 10.6. The molecule has 130 valence electrons. The van der Waals surface area contributed by atoms with Gasteiger partial charge in [-0.25, -0.2) is 9.18 Å². The van der Waals surface area contributed by atoms with Crippen molar-refractivity contribution in [3.05, 3.63) is 65.5 Å². The second-order valence-corrected chi connectivity index (χ2v) is 5.31. The van der Waals surface area contributed by atoms with Gasteiger partial charge in [0.2, 0.25) is 0 Å². The third-order valence-corrected chi connectivity index (χ3v) is 3.24. The van der Waals surface area contributed by atoms with E-state index in [-0.39, 0.29) is 5.82 Å². The smallest absolute Gasteiger partial charge is 0.341 e. The third-order valence-electron chi connectivity index (χ3n) is 3.01. The number of hydrogen-bond donors (Lipinski definition) is 3. The van der Waals surface area contributed by atoms with Gasteiger partial charge in [0.25, 0.3) is 0 Å². The number of halogens is 1. The standard InChI is InChI=1S/C17H16FN3O3S/c18-14-7-5-12(6-8-14)9-19-17(25)21-20-10-13-3-1-2-4-15(13)24-11-16(22)23/h1-8,10H,9,11H2,(H,22,23)(H2,19,21,25)/b20-10-. The normalized spacial score (nSPS) is 10.4. The van der Waals surface area contributed by atoms with Crippen molar-refractivity contribution in [2.45, 2.75) is 6.54 Å². The van der Waals surface area contributed by atoms with Crippen LogP contribution in [0.5, 0.6) is 5.75 Å². The largest absolute Gasteiger partial charge is 0.481 e. The number of hydrazone groups is 1. The Morgan fingerprint density at radius 1 is 1.24 bits per heavy atom. The average molecular weight is 361 g/mol. The van der Waals surface area contributed by atoms with E-state index >= 15 is 0 Å².